The minimum Gasteiger partial charge on any atom is -0.352 e. The summed E-state index contributed by atoms with van der Waals surface area (Å²) >= 11 is 5.84. The predicted octanol–water partition coefficient (Wildman–Crippen LogP) is 6.11. The highest BCUT2D eigenvalue weighted by Gasteiger charge is 2.41. The Labute approximate surface area is 229 Å². The summed E-state index contributed by atoms with van der Waals surface area (Å²) in [5.74, 6) is -0.0349. The molecule has 38 heavy (non-hydrogen) atoms. The highest BCUT2D eigenvalue weighted by molar-refractivity contribution is 7.80. The highest BCUT2D eigenvalue weighted by atomic mass is 32.1. The van der Waals surface area contributed by atoms with Gasteiger partial charge in [-0.25, -0.2) is 0 Å². The molecule has 2 atom stereocenters. The number of rotatable bonds is 7. The van der Waals surface area contributed by atoms with E-state index in [-0.39, 0.29) is 18.0 Å². The maximum absolute atomic E-state index is 12.9. The second kappa shape index (κ2) is 10.8. The summed E-state index contributed by atoms with van der Waals surface area (Å²) in [5.41, 5.74) is 8.63. The van der Waals surface area contributed by atoms with Gasteiger partial charge in [-0.05, 0) is 87.4 Å². The number of para-hydroxylation sites is 1. The summed E-state index contributed by atoms with van der Waals surface area (Å²) in [7, 11) is 0. The van der Waals surface area contributed by atoms with Crippen LogP contribution in [0.15, 0.2) is 79.0 Å². The molecule has 0 bridgehead atoms. The van der Waals surface area contributed by atoms with Crippen molar-refractivity contribution in [3.05, 3.63) is 113 Å². The molecule has 3 heterocycles. The molecule has 2 aromatic carbocycles. The van der Waals surface area contributed by atoms with Crippen molar-refractivity contribution in [1.82, 2.24) is 19.8 Å². The summed E-state index contributed by atoms with van der Waals surface area (Å²) < 4.78 is 2.29. The van der Waals surface area contributed by atoms with E-state index < -0.39 is 0 Å². The minimum atomic E-state index is -0.130. The summed E-state index contributed by atoms with van der Waals surface area (Å²) in [6.07, 6.45) is 2.13. The smallest absolute Gasteiger partial charge is 0.226 e. The second-order valence-electron chi connectivity index (χ2n) is 9.93. The van der Waals surface area contributed by atoms with E-state index in [0.29, 0.717) is 18.1 Å². The fraction of sp³-hybridized carbons (Fsp3) is 0.258. The zero-order chi connectivity index (χ0) is 26.8. The average molecular weight is 524 g/mol. The van der Waals surface area contributed by atoms with Crippen molar-refractivity contribution in [2.75, 3.05) is 11.9 Å². The fourth-order valence-corrected chi connectivity index (χ4v) is 5.64. The van der Waals surface area contributed by atoms with Gasteiger partial charge >= 0.3 is 0 Å². The lowest BCUT2D eigenvalue weighted by atomic mass is 9.96. The third kappa shape index (κ3) is 5.07. The zero-order valence-corrected chi connectivity index (χ0v) is 23.0. The van der Waals surface area contributed by atoms with E-state index in [1.807, 2.05) is 55.6 Å². The van der Waals surface area contributed by atoms with Crippen molar-refractivity contribution in [3.8, 4) is 5.69 Å². The number of carbonyl (C=O) groups is 1. The van der Waals surface area contributed by atoms with E-state index in [4.69, 9.17) is 12.2 Å². The first-order chi connectivity index (χ1) is 18.3. The van der Waals surface area contributed by atoms with E-state index in [0.717, 1.165) is 34.0 Å². The molecule has 0 spiro atoms. The van der Waals surface area contributed by atoms with Crippen LogP contribution in [0.1, 0.15) is 52.3 Å². The number of amides is 1. The SMILES string of the molecule is Cc1ccc(-n2c(C)cc(C3C(c4ccccn4)NC(=S)N3CCC(=O)Nc3ccccc3C)c2C)cc1. The van der Waals surface area contributed by atoms with Crippen molar-refractivity contribution >= 4 is 28.9 Å². The van der Waals surface area contributed by atoms with E-state index in [9.17, 15) is 4.79 Å². The molecular weight excluding hydrogens is 490 g/mol. The molecule has 1 saturated heterocycles. The van der Waals surface area contributed by atoms with Crippen molar-refractivity contribution in [1.29, 1.82) is 0 Å². The average Bonchev–Trinajstić information content (AvgIpc) is 3.39. The molecule has 1 aliphatic rings. The monoisotopic (exact) mass is 523 g/mol. The Morgan fingerprint density at radius 2 is 1.74 bits per heavy atom. The molecule has 1 fully saturated rings. The van der Waals surface area contributed by atoms with Crippen molar-refractivity contribution in [2.24, 2.45) is 0 Å². The molecule has 2 aromatic heterocycles. The van der Waals surface area contributed by atoms with Gasteiger partial charge < -0.3 is 20.1 Å². The normalized spacial score (nSPS) is 16.9. The van der Waals surface area contributed by atoms with Crippen LogP contribution >= 0.6 is 12.2 Å². The highest BCUT2D eigenvalue weighted by Crippen LogP contribution is 2.41. The molecule has 2 N–H and O–H groups in total. The number of aryl methyl sites for hydroxylation is 3. The molecule has 194 valence electrons. The van der Waals surface area contributed by atoms with Gasteiger partial charge in [-0.15, -0.1) is 0 Å². The lowest BCUT2D eigenvalue weighted by Gasteiger charge is -2.28. The first-order valence-electron chi connectivity index (χ1n) is 12.9. The number of carbonyl (C=O) groups excluding carboxylic acids is 1. The summed E-state index contributed by atoms with van der Waals surface area (Å²) in [6.45, 7) is 8.87. The van der Waals surface area contributed by atoms with Crippen LogP contribution in [0.2, 0.25) is 0 Å². The number of hydrogen-bond donors (Lipinski definition) is 2. The van der Waals surface area contributed by atoms with E-state index >= 15 is 0 Å². The topological polar surface area (TPSA) is 62.2 Å². The number of pyridine rings is 1. The molecule has 4 aromatic rings. The Hall–Kier alpha value is -3.97. The Balaban J connectivity index is 1.47. The molecule has 1 aliphatic heterocycles. The van der Waals surface area contributed by atoms with Crippen LogP contribution in [0.4, 0.5) is 5.69 Å². The molecule has 0 radical (unpaired) electrons. The third-order valence-corrected chi connectivity index (χ3v) is 7.63. The van der Waals surface area contributed by atoms with Crippen molar-refractivity contribution < 1.29 is 4.79 Å². The molecule has 6 nitrogen and oxygen atoms in total. The first kappa shape index (κ1) is 25.7. The fourth-order valence-electron chi connectivity index (χ4n) is 5.31. The Morgan fingerprint density at radius 1 is 1.00 bits per heavy atom. The molecular formula is C31H33N5OS. The van der Waals surface area contributed by atoms with Gasteiger partial charge in [0.2, 0.25) is 5.91 Å². The maximum Gasteiger partial charge on any atom is 0.226 e. The van der Waals surface area contributed by atoms with Crippen molar-refractivity contribution in [2.45, 2.75) is 46.2 Å². The van der Waals surface area contributed by atoms with E-state index in [2.05, 4.69) is 76.2 Å². The van der Waals surface area contributed by atoms with Gasteiger partial charge in [-0.1, -0.05) is 42.0 Å². The molecule has 0 aliphatic carbocycles. The number of benzene rings is 2. The van der Waals surface area contributed by atoms with Gasteiger partial charge in [-0.3, -0.25) is 9.78 Å². The summed E-state index contributed by atoms with van der Waals surface area (Å²) in [4.78, 5) is 19.7. The molecule has 1 amide bonds. The van der Waals surface area contributed by atoms with Crippen LogP contribution < -0.4 is 10.6 Å². The Kier molecular flexibility index (Phi) is 7.29. The zero-order valence-electron chi connectivity index (χ0n) is 22.2. The Morgan fingerprint density at radius 3 is 2.45 bits per heavy atom. The third-order valence-electron chi connectivity index (χ3n) is 7.28. The molecule has 5 rings (SSSR count). The Bertz CT molecular complexity index is 1460. The number of aromatic nitrogens is 2. The van der Waals surface area contributed by atoms with Gasteiger partial charge in [0.25, 0.3) is 0 Å². The standard InChI is InChI=1S/C31H33N5OS/c1-20-12-14-24(15-13-20)36-22(3)19-25(23(36)4)30-29(27-11-7-8-17-32-27)34-31(38)35(30)18-16-28(37)33-26-10-6-5-9-21(26)2/h5-15,17,19,29-30H,16,18H2,1-4H3,(H,33,37)(H,34,38). The van der Waals surface area contributed by atoms with Crippen LogP contribution in [0.25, 0.3) is 5.69 Å². The molecule has 2 unspecified atom stereocenters. The first-order valence-corrected chi connectivity index (χ1v) is 13.3. The van der Waals surface area contributed by atoms with Gasteiger partial charge in [0.15, 0.2) is 5.11 Å². The maximum atomic E-state index is 12.9. The lowest BCUT2D eigenvalue weighted by Crippen LogP contribution is -2.33. The van der Waals surface area contributed by atoms with Gasteiger partial charge in [0.05, 0.1) is 17.8 Å². The number of hydrogen-bond acceptors (Lipinski definition) is 3. The number of nitrogens with zero attached hydrogens (tertiary/aromatic N) is 3. The molecule has 7 heteroatoms. The number of anilines is 1. The van der Waals surface area contributed by atoms with E-state index in [1.54, 1.807) is 0 Å². The predicted molar refractivity (Wildman–Crippen MR) is 157 cm³/mol. The van der Waals surface area contributed by atoms with Gasteiger partial charge in [0.1, 0.15) is 0 Å². The quantitative estimate of drug-likeness (QED) is 0.286. The number of thiocarbonyl (C=S) groups is 1. The second-order valence-corrected chi connectivity index (χ2v) is 10.3. The van der Waals surface area contributed by atoms with Crippen LogP contribution in [0.3, 0.4) is 0 Å². The minimum absolute atomic E-state index is 0.0349. The van der Waals surface area contributed by atoms with Crippen LogP contribution in [-0.4, -0.2) is 32.0 Å². The largest absolute Gasteiger partial charge is 0.352 e. The van der Waals surface area contributed by atoms with Gasteiger partial charge in [-0.2, -0.15) is 0 Å². The van der Waals surface area contributed by atoms with Crippen molar-refractivity contribution in [3.63, 3.8) is 0 Å². The van der Waals surface area contributed by atoms with Gasteiger partial charge in [0, 0.05) is 41.9 Å². The summed E-state index contributed by atoms with van der Waals surface area (Å²) in [5, 5.41) is 7.19. The van der Waals surface area contributed by atoms with E-state index in [1.165, 1.54) is 11.1 Å². The van der Waals surface area contributed by atoms with Crippen LogP contribution in [0.5, 0.6) is 0 Å². The van der Waals surface area contributed by atoms with Crippen LogP contribution in [0, 0.1) is 27.7 Å². The van der Waals surface area contributed by atoms with Crippen LogP contribution in [-0.2, 0) is 4.79 Å². The molecule has 0 saturated carbocycles. The summed E-state index contributed by atoms with van der Waals surface area (Å²) in [6, 6.07) is 24.3. The lowest BCUT2D eigenvalue weighted by molar-refractivity contribution is -0.116. The number of nitrogens with one attached hydrogen (secondary N) is 2.